The molecule has 3 rings (SSSR count). The molecule has 0 spiro atoms. The third-order valence-corrected chi connectivity index (χ3v) is 7.32. The monoisotopic (exact) mass is 430 g/mol. The van der Waals surface area contributed by atoms with Crippen molar-refractivity contribution < 1.29 is 13.2 Å². The molecular weight excluding hydrogens is 400 g/mol. The van der Waals surface area contributed by atoms with E-state index in [0.717, 1.165) is 24.5 Å². The van der Waals surface area contributed by atoms with E-state index in [1.54, 1.807) is 12.3 Å². The van der Waals surface area contributed by atoms with Gasteiger partial charge in [-0.3, -0.25) is 4.79 Å². The van der Waals surface area contributed by atoms with Gasteiger partial charge in [0.2, 0.25) is 10.0 Å². The molecular formula is C22H30N4O3S. The number of nitrogens with one attached hydrogen (secondary N) is 1. The van der Waals surface area contributed by atoms with Crippen molar-refractivity contribution in [1.82, 2.24) is 14.6 Å². The van der Waals surface area contributed by atoms with Crippen molar-refractivity contribution in [2.24, 2.45) is 0 Å². The lowest BCUT2D eigenvalue weighted by atomic mass is 10.1. The number of piperidine rings is 1. The van der Waals surface area contributed by atoms with Crippen LogP contribution in [-0.2, 0) is 15.8 Å². The molecule has 1 aliphatic rings. The van der Waals surface area contributed by atoms with Crippen LogP contribution in [-0.4, -0.2) is 55.8 Å². The van der Waals surface area contributed by atoms with Crippen LogP contribution in [0.1, 0.15) is 42.6 Å². The molecule has 1 N–H and O–H groups in total. The van der Waals surface area contributed by atoms with Gasteiger partial charge in [0, 0.05) is 38.4 Å². The molecule has 0 aliphatic carbocycles. The molecule has 2 aromatic rings. The number of pyridine rings is 1. The first-order valence-corrected chi connectivity index (χ1v) is 12.1. The van der Waals surface area contributed by atoms with E-state index < -0.39 is 10.0 Å². The molecule has 0 atom stereocenters. The SMILES string of the molecule is CCN(CC)c1ccc(C(=O)NC2CCN(S(=O)(=O)Cc3ccccc3)CC2)cn1. The average Bonchev–Trinajstić information content (AvgIpc) is 2.76. The Bertz CT molecular complexity index is 921. The summed E-state index contributed by atoms with van der Waals surface area (Å²) in [6, 6.07) is 12.8. The zero-order valence-corrected chi connectivity index (χ0v) is 18.4. The Hall–Kier alpha value is -2.45. The maximum Gasteiger partial charge on any atom is 0.253 e. The number of nitrogens with zero attached hydrogens (tertiary/aromatic N) is 3. The predicted molar refractivity (Wildman–Crippen MR) is 119 cm³/mol. The third kappa shape index (κ3) is 5.58. The van der Waals surface area contributed by atoms with Gasteiger partial charge in [-0.25, -0.2) is 17.7 Å². The molecule has 1 saturated heterocycles. The summed E-state index contributed by atoms with van der Waals surface area (Å²) in [5.41, 5.74) is 1.30. The van der Waals surface area contributed by atoms with E-state index in [4.69, 9.17) is 0 Å². The van der Waals surface area contributed by atoms with Crippen LogP contribution < -0.4 is 10.2 Å². The fourth-order valence-corrected chi connectivity index (χ4v) is 5.24. The topological polar surface area (TPSA) is 82.6 Å². The molecule has 1 amide bonds. The van der Waals surface area contributed by atoms with Gasteiger partial charge in [-0.1, -0.05) is 30.3 Å². The Morgan fingerprint density at radius 2 is 1.77 bits per heavy atom. The van der Waals surface area contributed by atoms with Crippen molar-refractivity contribution in [3.63, 3.8) is 0 Å². The van der Waals surface area contributed by atoms with Crippen molar-refractivity contribution in [3.8, 4) is 0 Å². The highest BCUT2D eigenvalue weighted by atomic mass is 32.2. The van der Waals surface area contributed by atoms with Gasteiger partial charge in [-0.15, -0.1) is 0 Å². The van der Waals surface area contributed by atoms with Crippen molar-refractivity contribution in [2.75, 3.05) is 31.1 Å². The standard InChI is InChI=1S/C22H30N4O3S/c1-3-25(4-2)21-11-10-19(16-23-21)22(27)24-20-12-14-26(15-13-20)30(28,29)17-18-8-6-5-7-9-18/h5-11,16,20H,3-4,12-15,17H2,1-2H3,(H,24,27). The van der Waals surface area contributed by atoms with Crippen LogP contribution in [0.15, 0.2) is 48.7 Å². The molecule has 8 heteroatoms. The highest BCUT2D eigenvalue weighted by Crippen LogP contribution is 2.18. The Kier molecular flexibility index (Phi) is 7.44. The van der Waals surface area contributed by atoms with Gasteiger partial charge in [0.05, 0.1) is 11.3 Å². The summed E-state index contributed by atoms with van der Waals surface area (Å²) >= 11 is 0. The zero-order valence-electron chi connectivity index (χ0n) is 17.6. The number of anilines is 1. The van der Waals surface area contributed by atoms with Gasteiger partial charge >= 0.3 is 0 Å². The molecule has 30 heavy (non-hydrogen) atoms. The first kappa shape index (κ1) is 22.2. The van der Waals surface area contributed by atoms with E-state index >= 15 is 0 Å². The first-order chi connectivity index (χ1) is 14.4. The van der Waals surface area contributed by atoms with Gasteiger partial charge < -0.3 is 10.2 Å². The maximum absolute atomic E-state index is 12.7. The third-order valence-electron chi connectivity index (χ3n) is 5.47. The molecule has 0 bridgehead atoms. The zero-order chi connectivity index (χ0) is 21.6. The minimum atomic E-state index is -3.35. The van der Waals surface area contributed by atoms with Crippen LogP contribution in [0.4, 0.5) is 5.82 Å². The van der Waals surface area contributed by atoms with Crippen LogP contribution in [0.25, 0.3) is 0 Å². The Labute approximate surface area is 179 Å². The molecule has 0 radical (unpaired) electrons. The second-order valence-corrected chi connectivity index (χ2v) is 9.43. The Morgan fingerprint density at radius 3 is 2.33 bits per heavy atom. The Balaban J connectivity index is 1.52. The molecule has 7 nitrogen and oxygen atoms in total. The van der Waals surface area contributed by atoms with Crippen LogP contribution >= 0.6 is 0 Å². The summed E-state index contributed by atoms with van der Waals surface area (Å²) in [5, 5.41) is 3.02. The van der Waals surface area contributed by atoms with Crippen LogP contribution in [0.5, 0.6) is 0 Å². The number of hydrogen-bond acceptors (Lipinski definition) is 5. The van der Waals surface area contributed by atoms with Crippen molar-refractivity contribution in [3.05, 3.63) is 59.8 Å². The highest BCUT2D eigenvalue weighted by molar-refractivity contribution is 7.88. The molecule has 1 aromatic carbocycles. The lowest BCUT2D eigenvalue weighted by molar-refractivity contribution is 0.0923. The molecule has 0 unspecified atom stereocenters. The van der Waals surface area contributed by atoms with E-state index in [0.29, 0.717) is 31.5 Å². The predicted octanol–water partition coefficient (Wildman–Crippen LogP) is 2.65. The number of carbonyl (C=O) groups excluding carboxylic acids is 1. The van der Waals surface area contributed by atoms with Gasteiger partial charge in [-0.2, -0.15) is 0 Å². The number of carbonyl (C=O) groups is 1. The van der Waals surface area contributed by atoms with Gasteiger partial charge in [0.1, 0.15) is 5.82 Å². The van der Waals surface area contributed by atoms with E-state index in [9.17, 15) is 13.2 Å². The second-order valence-electron chi connectivity index (χ2n) is 7.47. The number of rotatable bonds is 8. The average molecular weight is 431 g/mol. The van der Waals surface area contributed by atoms with E-state index in [-0.39, 0.29) is 17.7 Å². The summed E-state index contributed by atoms with van der Waals surface area (Å²) in [4.78, 5) is 19.1. The number of sulfonamides is 1. The highest BCUT2D eigenvalue weighted by Gasteiger charge is 2.29. The largest absolute Gasteiger partial charge is 0.357 e. The second kappa shape index (κ2) is 10.0. The summed E-state index contributed by atoms with van der Waals surface area (Å²) in [6.07, 6.45) is 2.80. The molecule has 1 aromatic heterocycles. The van der Waals surface area contributed by atoms with Crippen LogP contribution in [0, 0.1) is 0 Å². The van der Waals surface area contributed by atoms with E-state index in [1.165, 1.54) is 4.31 Å². The minimum absolute atomic E-state index is 0.00935. The molecule has 162 valence electrons. The van der Waals surface area contributed by atoms with Gasteiger partial charge in [0.15, 0.2) is 0 Å². The summed E-state index contributed by atoms with van der Waals surface area (Å²) in [6.45, 7) is 6.69. The first-order valence-electron chi connectivity index (χ1n) is 10.5. The van der Waals surface area contributed by atoms with E-state index in [1.807, 2.05) is 36.4 Å². The number of amides is 1. The quantitative estimate of drug-likeness (QED) is 0.696. The van der Waals surface area contributed by atoms with Gasteiger partial charge in [-0.05, 0) is 44.4 Å². The summed E-state index contributed by atoms with van der Waals surface area (Å²) in [7, 11) is -3.35. The normalized spacial score (nSPS) is 15.7. The fraction of sp³-hybridized carbons (Fsp3) is 0.455. The Morgan fingerprint density at radius 1 is 1.10 bits per heavy atom. The van der Waals surface area contributed by atoms with Crippen LogP contribution in [0.2, 0.25) is 0 Å². The molecule has 1 fully saturated rings. The lowest BCUT2D eigenvalue weighted by Crippen LogP contribution is -2.46. The molecule has 0 saturated carbocycles. The minimum Gasteiger partial charge on any atom is -0.357 e. The maximum atomic E-state index is 12.7. The summed E-state index contributed by atoms with van der Waals surface area (Å²) in [5.74, 6) is 0.697. The van der Waals surface area contributed by atoms with E-state index in [2.05, 4.69) is 29.0 Å². The van der Waals surface area contributed by atoms with Crippen LogP contribution in [0.3, 0.4) is 0 Å². The number of hydrogen-bond donors (Lipinski definition) is 1. The molecule has 1 aliphatic heterocycles. The van der Waals surface area contributed by atoms with Crippen molar-refractivity contribution >= 4 is 21.7 Å². The number of aromatic nitrogens is 1. The van der Waals surface area contributed by atoms with Gasteiger partial charge in [0.25, 0.3) is 5.91 Å². The smallest absolute Gasteiger partial charge is 0.253 e. The van der Waals surface area contributed by atoms with Crippen molar-refractivity contribution in [1.29, 1.82) is 0 Å². The fourth-order valence-electron chi connectivity index (χ4n) is 3.68. The molecule has 2 heterocycles. The van der Waals surface area contributed by atoms with Crippen molar-refractivity contribution in [2.45, 2.75) is 38.5 Å². The number of benzene rings is 1. The summed E-state index contributed by atoms with van der Waals surface area (Å²) < 4.78 is 26.9. The lowest BCUT2D eigenvalue weighted by Gasteiger charge is -2.31.